The second-order valence-electron chi connectivity index (χ2n) is 7.81. The van der Waals surface area contributed by atoms with Gasteiger partial charge in [-0.15, -0.1) is 0 Å². The van der Waals surface area contributed by atoms with Crippen LogP contribution >= 0.6 is 8.60 Å². The molecule has 0 radical (unpaired) electrons. The van der Waals surface area contributed by atoms with E-state index in [1.54, 1.807) is 0 Å². The van der Waals surface area contributed by atoms with Gasteiger partial charge in [0.1, 0.15) is 5.72 Å². The summed E-state index contributed by atoms with van der Waals surface area (Å²) >= 11 is 0. The molecule has 0 saturated carbocycles. The van der Waals surface area contributed by atoms with Crippen LogP contribution in [0, 0.1) is 0 Å². The summed E-state index contributed by atoms with van der Waals surface area (Å²) in [6.07, 6.45) is 20.7. The van der Waals surface area contributed by atoms with Gasteiger partial charge in [-0.2, -0.15) is 0 Å². The topological polar surface area (TPSA) is 84.9 Å². The molecule has 27 heavy (non-hydrogen) atoms. The van der Waals surface area contributed by atoms with Gasteiger partial charge in [0.15, 0.2) is 0 Å². The van der Waals surface area contributed by atoms with Gasteiger partial charge in [-0.3, -0.25) is 0 Å². The molecule has 4 N–H and O–H groups in total. The number of rotatable bonds is 21. The third-order valence-corrected chi connectivity index (χ3v) is 5.82. The molecule has 164 valence electrons. The Morgan fingerprint density at radius 1 is 0.741 bits per heavy atom. The lowest BCUT2D eigenvalue weighted by Crippen LogP contribution is -2.40. The van der Waals surface area contributed by atoms with Crippen molar-refractivity contribution in [3.05, 3.63) is 0 Å². The van der Waals surface area contributed by atoms with Crippen LogP contribution in [0.3, 0.4) is 0 Å². The smallest absolute Gasteiger partial charge is 0.329 e. The summed E-state index contributed by atoms with van der Waals surface area (Å²) in [5.74, 6) is 0. The van der Waals surface area contributed by atoms with Crippen molar-refractivity contribution in [2.75, 3.05) is 13.7 Å². The summed E-state index contributed by atoms with van der Waals surface area (Å²) in [5, 5.41) is 10.1. The van der Waals surface area contributed by atoms with Crippen LogP contribution in [0.25, 0.3) is 0 Å². The molecule has 0 rings (SSSR count). The SMILES string of the molecule is CCCCCCCCCCCCCCCCC[C@@](N)(O)CCOP(O)OC. The molecule has 0 bridgehead atoms. The Kier molecular flexibility index (Phi) is 19.7. The number of nitrogens with two attached hydrogens (primary N) is 1. The van der Waals surface area contributed by atoms with Crippen molar-refractivity contribution in [1.82, 2.24) is 0 Å². The Balaban J connectivity index is 3.27. The zero-order chi connectivity index (χ0) is 20.2. The third kappa shape index (κ3) is 20.8. The highest BCUT2D eigenvalue weighted by Crippen LogP contribution is 2.31. The Morgan fingerprint density at radius 3 is 1.56 bits per heavy atom. The number of hydrogen-bond acceptors (Lipinski definition) is 5. The largest absolute Gasteiger partial charge is 0.376 e. The molecule has 2 atom stereocenters. The molecule has 1 unspecified atom stereocenters. The molecule has 6 heteroatoms. The molecule has 0 aliphatic rings. The molecule has 0 heterocycles. The van der Waals surface area contributed by atoms with Crippen LogP contribution in [0.2, 0.25) is 0 Å². The van der Waals surface area contributed by atoms with E-state index in [1.165, 1.54) is 90.6 Å². The van der Waals surface area contributed by atoms with Gasteiger partial charge in [0.05, 0.1) is 6.61 Å². The van der Waals surface area contributed by atoms with Gasteiger partial charge >= 0.3 is 8.60 Å². The average molecular weight is 408 g/mol. The summed E-state index contributed by atoms with van der Waals surface area (Å²) in [6.45, 7) is 2.48. The lowest BCUT2D eigenvalue weighted by Gasteiger charge is -2.23. The Bertz CT molecular complexity index is 306. The fourth-order valence-corrected chi connectivity index (χ4v) is 3.63. The Hall–Kier alpha value is 0.230. The average Bonchev–Trinajstić information content (AvgIpc) is 2.64. The van der Waals surface area contributed by atoms with Crippen LogP contribution in [0.5, 0.6) is 0 Å². The second-order valence-corrected chi connectivity index (χ2v) is 8.91. The van der Waals surface area contributed by atoms with Crippen LogP contribution in [-0.4, -0.2) is 29.4 Å². The van der Waals surface area contributed by atoms with Crippen molar-refractivity contribution >= 4 is 8.60 Å². The first-order valence-electron chi connectivity index (χ1n) is 11.2. The molecule has 0 aliphatic heterocycles. The third-order valence-electron chi connectivity index (χ3n) is 5.11. The summed E-state index contributed by atoms with van der Waals surface area (Å²) in [4.78, 5) is 9.17. The maximum Gasteiger partial charge on any atom is 0.329 e. The molecule has 0 aliphatic carbocycles. The van der Waals surface area contributed by atoms with Crippen LogP contribution in [0.4, 0.5) is 0 Å². The second kappa shape index (κ2) is 19.5. The summed E-state index contributed by atoms with van der Waals surface area (Å²) in [5.41, 5.74) is 4.65. The molecule has 0 amide bonds. The lowest BCUT2D eigenvalue weighted by molar-refractivity contribution is 0.0130. The fraction of sp³-hybridized carbons (Fsp3) is 1.00. The molecular formula is C21H46NO4P. The number of unbranched alkanes of at least 4 members (excludes halogenated alkanes) is 14. The van der Waals surface area contributed by atoms with Crippen molar-refractivity contribution in [1.29, 1.82) is 0 Å². The predicted octanol–water partition coefficient (Wildman–Crippen LogP) is 6.17. The van der Waals surface area contributed by atoms with E-state index in [2.05, 4.69) is 11.4 Å². The van der Waals surface area contributed by atoms with E-state index in [-0.39, 0.29) is 6.61 Å². The van der Waals surface area contributed by atoms with E-state index in [4.69, 9.17) is 15.2 Å². The quantitative estimate of drug-likeness (QED) is 0.120. The number of hydrogen-bond donors (Lipinski definition) is 3. The van der Waals surface area contributed by atoms with E-state index in [0.29, 0.717) is 12.8 Å². The first-order valence-corrected chi connectivity index (χ1v) is 12.3. The molecule has 0 aromatic carbocycles. The van der Waals surface area contributed by atoms with E-state index in [1.807, 2.05) is 0 Å². The highest BCUT2D eigenvalue weighted by atomic mass is 31.2. The van der Waals surface area contributed by atoms with Crippen molar-refractivity contribution in [2.45, 2.75) is 122 Å². The minimum absolute atomic E-state index is 0.210. The monoisotopic (exact) mass is 407 g/mol. The predicted molar refractivity (Wildman–Crippen MR) is 115 cm³/mol. The molecule has 0 saturated heterocycles. The molecule has 5 nitrogen and oxygen atoms in total. The van der Waals surface area contributed by atoms with Crippen molar-refractivity contribution < 1.29 is 19.0 Å². The minimum atomic E-state index is -1.83. The summed E-state index contributed by atoms with van der Waals surface area (Å²) in [7, 11) is -0.447. The van der Waals surface area contributed by atoms with Crippen LogP contribution < -0.4 is 5.73 Å². The number of aliphatic hydroxyl groups is 1. The van der Waals surface area contributed by atoms with Gasteiger partial charge in [0.2, 0.25) is 0 Å². The van der Waals surface area contributed by atoms with Gasteiger partial charge in [-0.25, -0.2) is 0 Å². The standard InChI is InChI=1S/C21H46NO4P/c1-3-4-5-6-7-8-9-10-11-12-13-14-15-16-17-18-21(22,23)19-20-26-27(24)25-2/h23-24H,3-20,22H2,1-2H3/t21-,27?/m1/s1. The van der Waals surface area contributed by atoms with Gasteiger partial charge < -0.3 is 24.8 Å². The van der Waals surface area contributed by atoms with Gasteiger partial charge in [-0.05, 0) is 12.8 Å². The van der Waals surface area contributed by atoms with Gasteiger partial charge in [0, 0.05) is 13.5 Å². The van der Waals surface area contributed by atoms with Gasteiger partial charge in [0.25, 0.3) is 0 Å². The van der Waals surface area contributed by atoms with E-state index < -0.39 is 14.3 Å². The maximum absolute atomic E-state index is 10.1. The normalized spacial score (nSPS) is 15.0. The first kappa shape index (κ1) is 27.2. The van der Waals surface area contributed by atoms with Crippen molar-refractivity contribution in [2.24, 2.45) is 5.73 Å². The summed E-state index contributed by atoms with van der Waals surface area (Å²) in [6, 6.07) is 0. The lowest BCUT2D eigenvalue weighted by atomic mass is 10.0. The fourth-order valence-electron chi connectivity index (χ4n) is 3.28. The highest BCUT2D eigenvalue weighted by molar-refractivity contribution is 7.40. The molecule has 0 spiro atoms. The van der Waals surface area contributed by atoms with Crippen LogP contribution in [-0.2, 0) is 9.05 Å². The zero-order valence-electron chi connectivity index (χ0n) is 18.0. The van der Waals surface area contributed by atoms with Crippen LogP contribution in [0.15, 0.2) is 0 Å². The highest BCUT2D eigenvalue weighted by Gasteiger charge is 2.20. The molecule has 0 aromatic rings. The molecular weight excluding hydrogens is 361 g/mol. The molecule has 0 aromatic heterocycles. The zero-order valence-corrected chi connectivity index (χ0v) is 18.9. The Morgan fingerprint density at radius 2 is 1.15 bits per heavy atom. The maximum atomic E-state index is 10.1. The van der Waals surface area contributed by atoms with E-state index >= 15 is 0 Å². The Labute approximate surface area is 169 Å². The van der Waals surface area contributed by atoms with Gasteiger partial charge in [-0.1, -0.05) is 96.8 Å². The van der Waals surface area contributed by atoms with E-state index in [9.17, 15) is 5.11 Å². The van der Waals surface area contributed by atoms with Crippen molar-refractivity contribution in [3.63, 3.8) is 0 Å². The summed E-state index contributed by atoms with van der Waals surface area (Å²) < 4.78 is 9.64. The van der Waals surface area contributed by atoms with E-state index in [0.717, 1.165) is 12.8 Å². The first-order chi connectivity index (χ1) is 13.0. The minimum Gasteiger partial charge on any atom is -0.376 e. The molecule has 0 fully saturated rings. The van der Waals surface area contributed by atoms with Crippen LogP contribution in [0.1, 0.15) is 116 Å². The van der Waals surface area contributed by atoms with Crippen molar-refractivity contribution in [3.8, 4) is 0 Å².